The number of aryl methyl sites for hydroxylation is 1. The maximum atomic E-state index is 5.19. The summed E-state index contributed by atoms with van der Waals surface area (Å²) in [7, 11) is 3.70. The van der Waals surface area contributed by atoms with Crippen LogP contribution in [0.15, 0.2) is 36.7 Å². The lowest BCUT2D eigenvalue weighted by Gasteiger charge is -2.17. The molecule has 1 heterocycles. The third-order valence-corrected chi connectivity index (χ3v) is 3.62. The van der Waals surface area contributed by atoms with Gasteiger partial charge in [-0.1, -0.05) is 12.1 Å². The highest BCUT2D eigenvalue weighted by Crippen LogP contribution is 2.14. The van der Waals surface area contributed by atoms with Crippen LogP contribution in [-0.2, 0) is 19.4 Å². The summed E-state index contributed by atoms with van der Waals surface area (Å²) in [5, 5.41) is 3.38. The second-order valence-electron chi connectivity index (χ2n) is 4.87. The summed E-state index contributed by atoms with van der Waals surface area (Å²) in [5.74, 6) is 2.04. The number of methoxy groups -OCH3 is 1. The predicted molar refractivity (Wildman–Crippen MR) is 81.2 cm³/mol. The van der Waals surface area contributed by atoms with Crippen LogP contribution in [0.25, 0.3) is 0 Å². The molecule has 4 heteroatoms. The number of ether oxygens (including phenoxy) is 1. The molecule has 1 N–H and O–H groups in total. The second-order valence-corrected chi connectivity index (χ2v) is 4.87. The van der Waals surface area contributed by atoms with Gasteiger partial charge in [-0.2, -0.15) is 0 Å². The van der Waals surface area contributed by atoms with Gasteiger partial charge in [0.15, 0.2) is 0 Å². The standard InChI is InChI=1S/C16H23N3O/c1-4-19-10-9-18-16(19)12-14(17-2)11-13-5-7-15(20-3)8-6-13/h5-10,14,17H,4,11-12H2,1-3H3. The van der Waals surface area contributed by atoms with Crippen LogP contribution >= 0.6 is 0 Å². The Labute approximate surface area is 120 Å². The summed E-state index contributed by atoms with van der Waals surface area (Å²) in [6, 6.07) is 8.64. The zero-order valence-corrected chi connectivity index (χ0v) is 12.5. The number of nitrogens with one attached hydrogen (secondary N) is 1. The van der Waals surface area contributed by atoms with E-state index >= 15 is 0 Å². The predicted octanol–water partition coefficient (Wildman–Crippen LogP) is 2.28. The molecule has 4 nitrogen and oxygen atoms in total. The Kier molecular flexibility index (Phi) is 5.18. The first kappa shape index (κ1) is 14.6. The molecule has 0 amide bonds. The van der Waals surface area contributed by atoms with Crippen molar-refractivity contribution in [2.45, 2.75) is 32.4 Å². The molecule has 0 radical (unpaired) electrons. The topological polar surface area (TPSA) is 39.1 Å². The number of hydrogen-bond donors (Lipinski definition) is 1. The van der Waals surface area contributed by atoms with Crippen LogP contribution < -0.4 is 10.1 Å². The lowest BCUT2D eigenvalue weighted by atomic mass is 10.0. The van der Waals surface area contributed by atoms with E-state index in [0.717, 1.165) is 31.0 Å². The average Bonchev–Trinajstić information content (AvgIpc) is 2.94. The molecule has 2 rings (SSSR count). The minimum Gasteiger partial charge on any atom is -0.497 e. The van der Waals surface area contributed by atoms with Crippen LogP contribution in [0.5, 0.6) is 5.75 Å². The van der Waals surface area contributed by atoms with E-state index < -0.39 is 0 Å². The molecule has 1 unspecified atom stereocenters. The number of rotatable bonds is 7. The van der Waals surface area contributed by atoms with E-state index in [2.05, 4.69) is 33.9 Å². The van der Waals surface area contributed by atoms with Gasteiger partial charge in [0.25, 0.3) is 0 Å². The van der Waals surface area contributed by atoms with E-state index in [1.165, 1.54) is 5.56 Å². The van der Waals surface area contributed by atoms with Gasteiger partial charge in [-0.25, -0.2) is 4.98 Å². The molecule has 108 valence electrons. The number of hydrogen-bond acceptors (Lipinski definition) is 3. The monoisotopic (exact) mass is 273 g/mol. The Hall–Kier alpha value is -1.81. The Balaban J connectivity index is 2.01. The fourth-order valence-electron chi connectivity index (χ4n) is 2.36. The second kappa shape index (κ2) is 7.10. The van der Waals surface area contributed by atoms with Gasteiger partial charge in [-0.3, -0.25) is 0 Å². The normalized spacial score (nSPS) is 12.3. The highest BCUT2D eigenvalue weighted by molar-refractivity contribution is 5.27. The summed E-state index contributed by atoms with van der Waals surface area (Å²) in [6.45, 7) is 3.11. The number of aromatic nitrogens is 2. The van der Waals surface area contributed by atoms with Crippen molar-refractivity contribution < 1.29 is 4.74 Å². The summed E-state index contributed by atoms with van der Waals surface area (Å²) < 4.78 is 7.38. The van der Waals surface area contributed by atoms with Crippen molar-refractivity contribution in [1.29, 1.82) is 0 Å². The lowest BCUT2D eigenvalue weighted by molar-refractivity contribution is 0.414. The molecule has 1 aromatic heterocycles. The highest BCUT2D eigenvalue weighted by Gasteiger charge is 2.12. The van der Waals surface area contributed by atoms with Gasteiger partial charge in [0.1, 0.15) is 11.6 Å². The van der Waals surface area contributed by atoms with E-state index in [1.54, 1.807) is 7.11 Å². The van der Waals surface area contributed by atoms with Crippen molar-refractivity contribution in [1.82, 2.24) is 14.9 Å². The summed E-state index contributed by atoms with van der Waals surface area (Å²) in [6.07, 6.45) is 5.83. The van der Waals surface area contributed by atoms with Gasteiger partial charge in [-0.05, 0) is 38.1 Å². The molecule has 1 aromatic carbocycles. The molecule has 0 aliphatic carbocycles. The van der Waals surface area contributed by atoms with Crippen molar-refractivity contribution in [2.24, 2.45) is 0 Å². The maximum absolute atomic E-state index is 5.19. The Bertz CT molecular complexity index is 519. The van der Waals surface area contributed by atoms with Gasteiger partial charge < -0.3 is 14.6 Å². The Morgan fingerprint density at radius 2 is 2.00 bits per heavy atom. The number of imidazole rings is 1. The van der Waals surface area contributed by atoms with Crippen molar-refractivity contribution in [3.05, 3.63) is 48.0 Å². The maximum Gasteiger partial charge on any atom is 0.118 e. The van der Waals surface area contributed by atoms with Crippen LogP contribution in [0.2, 0.25) is 0 Å². The van der Waals surface area contributed by atoms with Crippen LogP contribution in [0.3, 0.4) is 0 Å². The first-order chi connectivity index (χ1) is 9.76. The fraction of sp³-hybridized carbons (Fsp3) is 0.438. The number of benzene rings is 1. The van der Waals surface area contributed by atoms with E-state index in [9.17, 15) is 0 Å². The SMILES string of the molecule is CCn1ccnc1CC(Cc1ccc(OC)cc1)NC. The van der Waals surface area contributed by atoms with Gasteiger partial charge in [0.05, 0.1) is 7.11 Å². The zero-order chi connectivity index (χ0) is 14.4. The third-order valence-electron chi connectivity index (χ3n) is 3.62. The number of nitrogens with zero attached hydrogens (tertiary/aromatic N) is 2. The average molecular weight is 273 g/mol. The van der Waals surface area contributed by atoms with Gasteiger partial charge in [-0.15, -0.1) is 0 Å². The molecule has 0 bridgehead atoms. The molecule has 0 aliphatic heterocycles. The Morgan fingerprint density at radius 1 is 1.25 bits per heavy atom. The van der Waals surface area contributed by atoms with E-state index in [1.807, 2.05) is 31.6 Å². The van der Waals surface area contributed by atoms with Crippen LogP contribution in [-0.4, -0.2) is 29.8 Å². The van der Waals surface area contributed by atoms with Crippen LogP contribution in [0.1, 0.15) is 18.3 Å². The smallest absolute Gasteiger partial charge is 0.118 e. The summed E-state index contributed by atoms with van der Waals surface area (Å²) >= 11 is 0. The van der Waals surface area contributed by atoms with E-state index in [4.69, 9.17) is 4.74 Å². The molecular formula is C16H23N3O. The van der Waals surface area contributed by atoms with Crippen molar-refractivity contribution in [2.75, 3.05) is 14.2 Å². The fourth-order valence-corrected chi connectivity index (χ4v) is 2.36. The molecule has 2 aromatic rings. The lowest BCUT2D eigenvalue weighted by Crippen LogP contribution is -2.31. The van der Waals surface area contributed by atoms with Gasteiger partial charge in [0.2, 0.25) is 0 Å². The van der Waals surface area contributed by atoms with Crippen LogP contribution in [0.4, 0.5) is 0 Å². The largest absolute Gasteiger partial charge is 0.497 e. The number of likely N-dealkylation sites (N-methyl/N-ethyl adjacent to an activating group) is 1. The molecule has 0 saturated heterocycles. The van der Waals surface area contributed by atoms with Gasteiger partial charge in [0, 0.05) is 31.4 Å². The molecule has 0 fully saturated rings. The van der Waals surface area contributed by atoms with Crippen molar-refractivity contribution in [3.63, 3.8) is 0 Å². The molecule has 0 aliphatic rings. The van der Waals surface area contributed by atoms with Crippen molar-refractivity contribution in [3.8, 4) is 5.75 Å². The first-order valence-corrected chi connectivity index (χ1v) is 7.07. The highest BCUT2D eigenvalue weighted by atomic mass is 16.5. The Morgan fingerprint density at radius 3 is 2.60 bits per heavy atom. The van der Waals surface area contributed by atoms with Crippen LogP contribution in [0, 0.1) is 0 Å². The summed E-state index contributed by atoms with van der Waals surface area (Å²) in [5.41, 5.74) is 1.31. The molecule has 0 spiro atoms. The van der Waals surface area contributed by atoms with E-state index in [-0.39, 0.29) is 0 Å². The molecule has 0 saturated carbocycles. The first-order valence-electron chi connectivity index (χ1n) is 7.07. The molecule has 1 atom stereocenters. The van der Waals surface area contributed by atoms with E-state index in [0.29, 0.717) is 6.04 Å². The molecular weight excluding hydrogens is 250 g/mol. The minimum absolute atomic E-state index is 0.385. The quantitative estimate of drug-likeness (QED) is 0.841. The zero-order valence-electron chi connectivity index (χ0n) is 12.5. The third kappa shape index (κ3) is 3.61. The van der Waals surface area contributed by atoms with Crippen molar-refractivity contribution >= 4 is 0 Å². The summed E-state index contributed by atoms with van der Waals surface area (Å²) in [4.78, 5) is 4.45. The minimum atomic E-state index is 0.385. The van der Waals surface area contributed by atoms with Gasteiger partial charge >= 0.3 is 0 Å². The molecule has 20 heavy (non-hydrogen) atoms.